The second-order valence-electron chi connectivity index (χ2n) is 6.60. The molecule has 1 amide bonds. The molecule has 1 heterocycles. The Kier molecular flexibility index (Phi) is 4.57. The van der Waals surface area contributed by atoms with Crippen LogP contribution < -0.4 is 10.5 Å². The lowest BCUT2D eigenvalue weighted by Crippen LogP contribution is -2.54. The quantitative estimate of drug-likeness (QED) is 0.930. The first-order chi connectivity index (χ1) is 9.77. The first-order valence-electron chi connectivity index (χ1n) is 7.59. The molecule has 1 aliphatic heterocycles. The van der Waals surface area contributed by atoms with E-state index >= 15 is 0 Å². The number of carbonyl (C=O) groups is 1. The Morgan fingerprint density at radius 1 is 1.29 bits per heavy atom. The fourth-order valence-electron chi connectivity index (χ4n) is 2.60. The molecule has 1 fully saturated rings. The number of nitrogens with zero attached hydrogens (tertiary/aromatic N) is 1. The van der Waals surface area contributed by atoms with Crippen LogP contribution in [-0.4, -0.2) is 35.5 Å². The van der Waals surface area contributed by atoms with Crippen molar-refractivity contribution >= 4 is 5.91 Å². The van der Waals surface area contributed by atoms with E-state index in [1.165, 1.54) is 5.56 Å². The monoisotopic (exact) mass is 290 g/mol. The highest BCUT2D eigenvalue weighted by Crippen LogP contribution is 2.24. The lowest BCUT2D eigenvalue weighted by atomic mass is 10.0. The number of benzene rings is 1. The minimum absolute atomic E-state index is 0.0210. The number of likely N-dealkylation sites (tertiary alicyclic amines) is 1. The number of rotatable bonds is 3. The molecule has 4 heteroatoms. The standard InChI is InChI=1S/C17H26N2O2/c1-12-5-6-13(2)15(11-12)21-14-7-9-19(10-8-14)16(20)17(3,4)18/h5-6,11,14H,7-10,18H2,1-4H3. The molecule has 0 aliphatic carbocycles. The van der Waals surface area contributed by atoms with Crippen molar-refractivity contribution in [2.75, 3.05) is 13.1 Å². The Morgan fingerprint density at radius 3 is 2.48 bits per heavy atom. The van der Waals surface area contributed by atoms with E-state index in [-0.39, 0.29) is 12.0 Å². The van der Waals surface area contributed by atoms with Crippen LogP contribution in [0, 0.1) is 13.8 Å². The molecule has 21 heavy (non-hydrogen) atoms. The number of aryl methyl sites for hydroxylation is 2. The van der Waals surface area contributed by atoms with Gasteiger partial charge in [-0.15, -0.1) is 0 Å². The van der Waals surface area contributed by atoms with Crippen LogP contribution in [0.1, 0.15) is 37.8 Å². The number of hydrogen-bond acceptors (Lipinski definition) is 3. The molecule has 2 N–H and O–H groups in total. The fourth-order valence-corrected chi connectivity index (χ4v) is 2.60. The molecule has 116 valence electrons. The van der Waals surface area contributed by atoms with Crippen LogP contribution >= 0.6 is 0 Å². The van der Waals surface area contributed by atoms with E-state index in [0.29, 0.717) is 0 Å². The number of carbonyl (C=O) groups excluding carboxylic acids is 1. The van der Waals surface area contributed by atoms with Crippen molar-refractivity contribution < 1.29 is 9.53 Å². The SMILES string of the molecule is Cc1ccc(C)c(OC2CCN(C(=O)C(C)(C)N)CC2)c1. The summed E-state index contributed by atoms with van der Waals surface area (Å²) in [6, 6.07) is 6.25. The summed E-state index contributed by atoms with van der Waals surface area (Å²) in [5.74, 6) is 0.978. The van der Waals surface area contributed by atoms with Gasteiger partial charge >= 0.3 is 0 Å². The zero-order valence-corrected chi connectivity index (χ0v) is 13.5. The molecule has 1 saturated heterocycles. The van der Waals surface area contributed by atoms with Gasteiger partial charge in [-0.2, -0.15) is 0 Å². The Labute approximate surface area is 127 Å². The Bertz CT molecular complexity index is 512. The molecule has 2 rings (SSSR count). The second kappa shape index (κ2) is 6.06. The average Bonchev–Trinajstić information content (AvgIpc) is 2.42. The van der Waals surface area contributed by atoms with E-state index in [4.69, 9.17) is 10.5 Å². The third kappa shape index (κ3) is 3.97. The molecule has 1 aromatic rings. The largest absolute Gasteiger partial charge is 0.490 e. The number of ether oxygens (including phenoxy) is 1. The maximum atomic E-state index is 12.1. The Hall–Kier alpha value is -1.55. The maximum absolute atomic E-state index is 12.1. The predicted molar refractivity (Wildman–Crippen MR) is 84.4 cm³/mol. The first kappa shape index (κ1) is 15.8. The van der Waals surface area contributed by atoms with Gasteiger partial charge in [0.15, 0.2) is 0 Å². The van der Waals surface area contributed by atoms with Crippen LogP contribution in [0.2, 0.25) is 0 Å². The number of piperidine rings is 1. The van der Waals surface area contributed by atoms with Crippen LogP contribution in [0.5, 0.6) is 5.75 Å². The lowest BCUT2D eigenvalue weighted by Gasteiger charge is -2.35. The van der Waals surface area contributed by atoms with Crippen molar-refractivity contribution in [1.82, 2.24) is 4.90 Å². The molecule has 0 spiro atoms. The van der Waals surface area contributed by atoms with Gasteiger partial charge < -0.3 is 15.4 Å². The molecule has 0 atom stereocenters. The van der Waals surface area contributed by atoms with Gasteiger partial charge in [0.25, 0.3) is 0 Å². The van der Waals surface area contributed by atoms with Gasteiger partial charge in [-0.3, -0.25) is 4.79 Å². The van der Waals surface area contributed by atoms with Crippen LogP contribution in [0.25, 0.3) is 0 Å². The summed E-state index contributed by atoms with van der Waals surface area (Å²) < 4.78 is 6.11. The minimum atomic E-state index is -0.791. The molecule has 1 aromatic carbocycles. The summed E-state index contributed by atoms with van der Waals surface area (Å²) in [5, 5.41) is 0. The summed E-state index contributed by atoms with van der Waals surface area (Å²) in [6.07, 6.45) is 1.89. The average molecular weight is 290 g/mol. The predicted octanol–water partition coefficient (Wildman–Crippen LogP) is 2.41. The van der Waals surface area contributed by atoms with Crippen molar-refractivity contribution in [3.05, 3.63) is 29.3 Å². The van der Waals surface area contributed by atoms with E-state index in [9.17, 15) is 4.79 Å². The molecule has 1 aliphatic rings. The molecule has 0 bridgehead atoms. The summed E-state index contributed by atoms with van der Waals surface area (Å²) in [5.41, 5.74) is 7.45. The van der Waals surface area contributed by atoms with Gasteiger partial charge in [0, 0.05) is 25.9 Å². The minimum Gasteiger partial charge on any atom is -0.490 e. The Morgan fingerprint density at radius 2 is 1.90 bits per heavy atom. The smallest absolute Gasteiger partial charge is 0.242 e. The normalized spacial score (nSPS) is 16.9. The van der Waals surface area contributed by atoms with Gasteiger partial charge in [-0.25, -0.2) is 0 Å². The molecule has 0 radical (unpaired) electrons. The molecule has 4 nitrogen and oxygen atoms in total. The third-order valence-electron chi connectivity index (χ3n) is 3.92. The third-order valence-corrected chi connectivity index (χ3v) is 3.92. The first-order valence-corrected chi connectivity index (χ1v) is 7.59. The van der Waals surface area contributed by atoms with Crippen molar-refractivity contribution in [2.24, 2.45) is 5.73 Å². The molecule has 0 unspecified atom stereocenters. The highest BCUT2D eigenvalue weighted by molar-refractivity contribution is 5.85. The van der Waals surface area contributed by atoms with Crippen LogP contribution in [0.15, 0.2) is 18.2 Å². The van der Waals surface area contributed by atoms with E-state index in [2.05, 4.69) is 32.0 Å². The van der Waals surface area contributed by atoms with Crippen LogP contribution in [0.4, 0.5) is 0 Å². The van der Waals surface area contributed by atoms with Gasteiger partial charge in [-0.05, 0) is 44.9 Å². The van der Waals surface area contributed by atoms with Crippen LogP contribution in [0.3, 0.4) is 0 Å². The topological polar surface area (TPSA) is 55.6 Å². The fraction of sp³-hybridized carbons (Fsp3) is 0.588. The highest BCUT2D eigenvalue weighted by atomic mass is 16.5. The van der Waals surface area contributed by atoms with E-state index in [1.807, 2.05) is 4.90 Å². The summed E-state index contributed by atoms with van der Waals surface area (Å²) in [7, 11) is 0. The number of amides is 1. The van der Waals surface area contributed by atoms with Crippen LogP contribution in [-0.2, 0) is 4.79 Å². The summed E-state index contributed by atoms with van der Waals surface area (Å²) >= 11 is 0. The molecular weight excluding hydrogens is 264 g/mol. The maximum Gasteiger partial charge on any atom is 0.242 e. The van der Waals surface area contributed by atoms with Gasteiger partial charge in [0.05, 0.1) is 5.54 Å². The molecular formula is C17H26N2O2. The number of nitrogens with two attached hydrogens (primary N) is 1. The van der Waals surface area contributed by atoms with Crippen molar-refractivity contribution in [2.45, 2.75) is 52.2 Å². The van der Waals surface area contributed by atoms with Crippen molar-refractivity contribution in [3.8, 4) is 5.75 Å². The Balaban J connectivity index is 1.93. The summed E-state index contributed by atoms with van der Waals surface area (Å²) in [6.45, 7) is 9.08. The van der Waals surface area contributed by atoms with Crippen molar-refractivity contribution in [1.29, 1.82) is 0 Å². The number of hydrogen-bond donors (Lipinski definition) is 1. The zero-order chi connectivity index (χ0) is 15.6. The molecule has 0 aromatic heterocycles. The van der Waals surface area contributed by atoms with Gasteiger partial charge in [0.1, 0.15) is 11.9 Å². The van der Waals surface area contributed by atoms with Gasteiger partial charge in [-0.1, -0.05) is 12.1 Å². The second-order valence-corrected chi connectivity index (χ2v) is 6.60. The summed E-state index contributed by atoms with van der Waals surface area (Å²) in [4.78, 5) is 14.0. The zero-order valence-electron chi connectivity index (χ0n) is 13.5. The highest BCUT2D eigenvalue weighted by Gasteiger charge is 2.31. The molecule has 0 saturated carbocycles. The van der Waals surface area contributed by atoms with Crippen molar-refractivity contribution in [3.63, 3.8) is 0 Å². The van der Waals surface area contributed by atoms with Gasteiger partial charge in [0.2, 0.25) is 5.91 Å². The van der Waals surface area contributed by atoms with E-state index < -0.39 is 5.54 Å². The van der Waals surface area contributed by atoms with E-state index in [0.717, 1.165) is 37.2 Å². The van der Waals surface area contributed by atoms with E-state index in [1.54, 1.807) is 13.8 Å². The lowest BCUT2D eigenvalue weighted by molar-refractivity contribution is -0.137.